The first kappa shape index (κ1) is 45.0. The Morgan fingerprint density at radius 2 is 1.02 bits per heavy atom. The molecule has 10 nitrogen and oxygen atoms in total. The Hall–Kier alpha value is -4.05. The number of carbonyl (C=O) groups excluding carboxylic acids is 5. The highest BCUT2D eigenvalue weighted by molar-refractivity contribution is 5.98. The van der Waals surface area contributed by atoms with Crippen LogP contribution in [-0.4, -0.2) is 66.2 Å². The summed E-state index contributed by atoms with van der Waals surface area (Å²) in [5.41, 5.74) is 0.813. The Morgan fingerprint density at radius 1 is 0.627 bits per heavy atom. The first-order chi connectivity index (χ1) is 23.7. The molecule has 51 heavy (non-hydrogen) atoms. The minimum Gasteiger partial charge on any atom is -0.444 e. The van der Waals surface area contributed by atoms with E-state index in [1.807, 2.05) is 116 Å². The molecule has 3 amide bonds. The van der Waals surface area contributed by atoms with Gasteiger partial charge in [-0.3, -0.25) is 19.2 Å². The lowest BCUT2D eigenvalue weighted by molar-refractivity contribution is -0.131. The van der Waals surface area contributed by atoms with Crippen molar-refractivity contribution in [2.45, 2.75) is 107 Å². The number of amides is 3. The molecule has 10 heteroatoms. The van der Waals surface area contributed by atoms with Crippen molar-refractivity contribution in [1.82, 2.24) is 10.2 Å². The van der Waals surface area contributed by atoms with Crippen LogP contribution in [0.5, 0.6) is 0 Å². The van der Waals surface area contributed by atoms with Gasteiger partial charge in [0.1, 0.15) is 5.60 Å². The molecule has 0 radical (unpaired) electrons. The summed E-state index contributed by atoms with van der Waals surface area (Å²) in [4.78, 5) is 64.7. The Balaban J connectivity index is 0.000000530. The van der Waals surface area contributed by atoms with Crippen molar-refractivity contribution in [3.05, 3.63) is 60.7 Å². The summed E-state index contributed by atoms with van der Waals surface area (Å²) < 4.78 is 5.42. The fourth-order valence-electron chi connectivity index (χ4n) is 5.80. The van der Waals surface area contributed by atoms with Gasteiger partial charge in [0.25, 0.3) is 0 Å². The number of para-hydroxylation sites is 2. The van der Waals surface area contributed by atoms with Crippen molar-refractivity contribution >= 4 is 40.8 Å². The molecule has 2 aromatic carbocycles. The summed E-state index contributed by atoms with van der Waals surface area (Å²) in [5.74, 6) is -0.949. The van der Waals surface area contributed by atoms with Gasteiger partial charge in [0.2, 0.25) is 11.8 Å². The Morgan fingerprint density at radius 3 is 1.33 bits per heavy atom. The highest BCUT2D eigenvalue weighted by atomic mass is 16.6. The predicted molar refractivity (Wildman–Crippen MR) is 206 cm³/mol. The normalized spacial score (nSPS) is 13.8. The third-order valence-corrected chi connectivity index (χ3v) is 8.59. The van der Waals surface area contributed by atoms with Crippen molar-refractivity contribution in [1.29, 1.82) is 0 Å². The number of hydrogen-bond donors (Lipinski definition) is 3. The van der Waals surface area contributed by atoms with Crippen molar-refractivity contribution in [3.8, 4) is 0 Å². The standard InChI is InChI=1S/C23H36N2O4.C18H28N2O2/c1-15(2)18(21(27)24-17-12-10-9-11-13-17)14-19(26)20(16(3)4)25(8)22(28)29-23(5,6)7;1-12(2)15(11-16(21)17(19-5)13(3)4)18(22)20-14-9-7-6-8-10-14/h9-13,15-16,18,20H,14H2,1-8H3,(H,24,27);6-10,12-13,15,17,19H,11H2,1-5H3,(H,20,22)/t18-,20-;15-,17-/m00/s1. The topological polar surface area (TPSA) is 134 Å². The maximum absolute atomic E-state index is 13.1. The number of anilines is 2. The van der Waals surface area contributed by atoms with Crippen LogP contribution in [-0.2, 0) is 23.9 Å². The number of likely N-dealkylation sites (N-methyl/N-ethyl adjacent to an activating group) is 2. The van der Waals surface area contributed by atoms with Crippen LogP contribution < -0.4 is 16.0 Å². The van der Waals surface area contributed by atoms with Gasteiger partial charge in [-0.15, -0.1) is 0 Å². The highest BCUT2D eigenvalue weighted by Crippen LogP contribution is 2.24. The minimum absolute atomic E-state index is 0.0256. The maximum atomic E-state index is 13.1. The molecule has 0 aromatic heterocycles. The van der Waals surface area contributed by atoms with Gasteiger partial charge < -0.3 is 25.6 Å². The van der Waals surface area contributed by atoms with Crippen LogP contribution in [0.3, 0.4) is 0 Å². The molecular formula is C41H64N4O6. The number of carbonyl (C=O) groups is 5. The second kappa shape index (κ2) is 21.3. The number of ketones is 2. The quantitative estimate of drug-likeness (QED) is 0.162. The summed E-state index contributed by atoms with van der Waals surface area (Å²) in [6.07, 6.45) is -0.217. The van der Waals surface area contributed by atoms with Gasteiger partial charge in [-0.1, -0.05) is 91.8 Å². The number of rotatable bonds is 16. The molecule has 3 N–H and O–H groups in total. The van der Waals surface area contributed by atoms with Crippen LogP contribution >= 0.6 is 0 Å². The third-order valence-electron chi connectivity index (χ3n) is 8.59. The average Bonchev–Trinajstić information content (AvgIpc) is 3.02. The molecule has 0 saturated carbocycles. The van der Waals surface area contributed by atoms with Gasteiger partial charge in [0, 0.05) is 43.1 Å². The molecule has 0 bridgehead atoms. The molecule has 0 heterocycles. The predicted octanol–water partition coefficient (Wildman–Crippen LogP) is 7.85. The molecule has 0 unspecified atom stereocenters. The van der Waals surface area contributed by atoms with Crippen molar-refractivity contribution in [2.24, 2.45) is 35.5 Å². The van der Waals surface area contributed by atoms with E-state index in [0.717, 1.165) is 5.69 Å². The van der Waals surface area contributed by atoms with E-state index in [2.05, 4.69) is 16.0 Å². The lowest BCUT2D eigenvalue weighted by Crippen LogP contribution is -2.48. The van der Waals surface area contributed by atoms with Gasteiger partial charge in [-0.05, 0) is 75.8 Å². The molecule has 0 aliphatic rings. The van der Waals surface area contributed by atoms with Crippen molar-refractivity contribution in [3.63, 3.8) is 0 Å². The summed E-state index contributed by atoms with van der Waals surface area (Å²) >= 11 is 0. The van der Waals surface area contributed by atoms with Crippen LogP contribution in [0, 0.1) is 35.5 Å². The number of Topliss-reactive ketones (excluding diaryl/α,β-unsaturated/α-hetero) is 2. The number of nitrogens with zero attached hydrogens (tertiary/aromatic N) is 1. The zero-order valence-electron chi connectivity index (χ0n) is 33.2. The second-order valence-corrected chi connectivity index (χ2v) is 15.5. The van der Waals surface area contributed by atoms with E-state index in [4.69, 9.17) is 4.74 Å². The Bertz CT molecular complexity index is 1390. The van der Waals surface area contributed by atoms with Gasteiger partial charge in [0.05, 0.1) is 12.1 Å². The summed E-state index contributed by atoms with van der Waals surface area (Å²) in [7, 11) is 3.36. The lowest BCUT2D eigenvalue weighted by atomic mass is 9.85. The summed E-state index contributed by atoms with van der Waals surface area (Å²) in [6, 6.07) is 17.7. The van der Waals surface area contributed by atoms with Crippen LogP contribution in [0.1, 0.15) is 89.0 Å². The maximum Gasteiger partial charge on any atom is 0.410 e. The van der Waals surface area contributed by atoms with Crippen LogP contribution in [0.2, 0.25) is 0 Å². The fraction of sp³-hybridized carbons (Fsp3) is 0.585. The van der Waals surface area contributed by atoms with Crippen molar-refractivity contribution < 1.29 is 28.7 Å². The summed E-state index contributed by atoms with van der Waals surface area (Å²) in [5, 5.41) is 8.84. The molecule has 0 saturated heterocycles. The Kier molecular flexibility index (Phi) is 18.8. The third kappa shape index (κ3) is 15.8. The van der Waals surface area contributed by atoms with Gasteiger partial charge in [-0.25, -0.2) is 4.79 Å². The van der Waals surface area contributed by atoms with Crippen LogP contribution in [0.15, 0.2) is 60.7 Å². The number of nitrogens with one attached hydrogen (secondary N) is 3. The molecule has 4 atom stereocenters. The molecule has 2 aromatic rings. The first-order valence-electron chi connectivity index (χ1n) is 18.1. The highest BCUT2D eigenvalue weighted by Gasteiger charge is 2.36. The summed E-state index contributed by atoms with van der Waals surface area (Å²) in [6.45, 7) is 20.9. The van der Waals surface area contributed by atoms with Crippen LogP contribution in [0.4, 0.5) is 16.2 Å². The van der Waals surface area contributed by atoms with Crippen LogP contribution in [0.25, 0.3) is 0 Å². The SMILES string of the molecule is CC(C)[C@H](CC(=O)[C@H](C(C)C)N(C)C(=O)OC(C)(C)C)C(=O)Nc1ccccc1.CN[C@H](C(=O)C[C@H](C(=O)Nc1ccccc1)C(C)C)C(C)C. The zero-order chi connectivity index (χ0) is 39.1. The van der Waals surface area contributed by atoms with E-state index < -0.39 is 23.7 Å². The molecule has 0 aliphatic carbocycles. The van der Waals surface area contributed by atoms with E-state index in [-0.39, 0.29) is 71.9 Å². The molecule has 2 rings (SSSR count). The van der Waals surface area contributed by atoms with E-state index in [0.29, 0.717) is 5.69 Å². The van der Waals surface area contributed by atoms with E-state index in [1.54, 1.807) is 34.9 Å². The van der Waals surface area contributed by atoms with Gasteiger partial charge >= 0.3 is 6.09 Å². The second-order valence-electron chi connectivity index (χ2n) is 15.5. The Labute approximate surface area is 306 Å². The fourth-order valence-corrected chi connectivity index (χ4v) is 5.80. The molecule has 0 fully saturated rings. The van der Waals surface area contributed by atoms with E-state index in [1.165, 1.54) is 4.90 Å². The monoisotopic (exact) mass is 708 g/mol. The van der Waals surface area contributed by atoms with E-state index in [9.17, 15) is 24.0 Å². The number of ether oxygens (including phenoxy) is 1. The molecule has 0 spiro atoms. The van der Waals surface area contributed by atoms with E-state index >= 15 is 0 Å². The number of hydrogen-bond acceptors (Lipinski definition) is 7. The van der Waals surface area contributed by atoms with Crippen molar-refractivity contribution in [2.75, 3.05) is 24.7 Å². The average molecular weight is 709 g/mol. The molecule has 0 aliphatic heterocycles. The molecule has 284 valence electrons. The van der Waals surface area contributed by atoms with Gasteiger partial charge in [-0.2, -0.15) is 0 Å². The van der Waals surface area contributed by atoms with Gasteiger partial charge in [0.15, 0.2) is 11.6 Å². The smallest absolute Gasteiger partial charge is 0.410 e. The zero-order valence-corrected chi connectivity index (χ0v) is 33.2. The number of benzene rings is 2. The minimum atomic E-state index is -0.657. The largest absolute Gasteiger partial charge is 0.444 e. The molecular weight excluding hydrogens is 644 g/mol. The lowest BCUT2D eigenvalue weighted by Gasteiger charge is -2.33. The first-order valence-corrected chi connectivity index (χ1v) is 18.1.